The molecule has 1 fully saturated rings. The van der Waals surface area contributed by atoms with Gasteiger partial charge in [-0.25, -0.2) is 0 Å². The molecule has 0 radical (unpaired) electrons. The smallest absolute Gasteiger partial charge is 0.119 e. The summed E-state index contributed by atoms with van der Waals surface area (Å²) in [5.74, 6) is 1.42. The zero-order valence-electron chi connectivity index (χ0n) is 10.4. The zero-order chi connectivity index (χ0) is 12.3. The summed E-state index contributed by atoms with van der Waals surface area (Å²) >= 11 is 6.59. The van der Waals surface area contributed by atoms with Crippen molar-refractivity contribution in [3.05, 3.63) is 29.3 Å². The van der Waals surface area contributed by atoms with Gasteiger partial charge in [-0.1, -0.05) is 6.07 Å². The van der Waals surface area contributed by atoms with Gasteiger partial charge in [0.15, 0.2) is 0 Å². The number of alkyl halides is 1. The molecule has 2 nitrogen and oxygen atoms in total. The molecule has 0 spiro atoms. The third-order valence-electron chi connectivity index (χ3n) is 3.45. The van der Waals surface area contributed by atoms with Crippen LogP contribution in [0.3, 0.4) is 0 Å². The second kappa shape index (κ2) is 5.74. The average Bonchev–Trinajstić information content (AvgIpc) is 2.39. The van der Waals surface area contributed by atoms with Gasteiger partial charge in [-0.05, 0) is 48.9 Å². The molecule has 1 aliphatic rings. The van der Waals surface area contributed by atoms with E-state index in [1.165, 1.54) is 11.1 Å². The fraction of sp³-hybridized carbons (Fsp3) is 0.571. The number of aryl methyl sites for hydroxylation is 1. The lowest BCUT2D eigenvalue weighted by Crippen LogP contribution is -2.19. The minimum atomic E-state index is 0.0878. The molecule has 3 heteroatoms. The van der Waals surface area contributed by atoms with E-state index in [0.717, 1.165) is 31.8 Å². The van der Waals surface area contributed by atoms with Gasteiger partial charge in [-0.3, -0.25) is 0 Å². The molecule has 1 unspecified atom stereocenters. The van der Waals surface area contributed by atoms with E-state index in [1.807, 2.05) is 12.1 Å². The van der Waals surface area contributed by atoms with Crippen molar-refractivity contribution < 1.29 is 9.47 Å². The number of methoxy groups -OCH3 is 1. The lowest BCUT2D eigenvalue weighted by atomic mass is 9.90. The lowest BCUT2D eigenvalue weighted by molar-refractivity contribution is 0.0650. The van der Waals surface area contributed by atoms with Gasteiger partial charge < -0.3 is 9.47 Å². The highest BCUT2D eigenvalue weighted by Crippen LogP contribution is 2.37. The van der Waals surface area contributed by atoms with E-state index in [2.05, 4.69) is 13.0 Å². The maximum atomic E-state index is 6.59. The summed E-state index contributed by atoms with van der Waals surface area (Å²) in [7, 11) is 1.69. The van der Waals surface area contributed by atoms with Crippen LogP contribution in [-0.4, -0.2) is 20.3 Å². The van der Waals surface area contributed by atoms with E-state index in [9.17, 15) is 0 Å². The van der Waals surface area contributed by atoms with Crippen molar-refractivity contribution in [1.82, 2.24) is 0 Å². The summed E-state index contributed by atoms with van der Waals surface area (Å²) in [6, 6.07) is 6.11. The Hall–Kier alpha value is -0.730. The van der Waals surface area contributed by atoms with Crippen molar-refractivity contribution in [2.24, 2.45) is 5.92 Å². The monoisotopic (exact) mass is 254 g/mol. The maximum Gasteiger partial charge on any atom is 0.119 e. The van der Waals surface area contributed by atoms with Gasteiger partial charge in [0.1, 0.15) is 5.75 Å². The first-order valence-corrected chi connectivity index (χ1v) is 6.52. The molecule has 1 aromatic rings. The average molecular weight is 255 g/mol. The number of halogens is 1. The van der Waals surface area contributed by atoms with E-state index in [0.29, 0.717) is 5.92 Å². The van der Waals surface area contributed by atoms with Crippen LogP contribution in [0.4, 0.5) is 0 Å². The van der Waals surface area contributed by atoms with Crippen molar-refractivity contribution in [1.29, 1.82) is 0 Å². The topological polar surface area (TPSA) is 18.5 Å². The number of hydrogen-bond acceptors (Lipinski definition) is 2. The van der Waals surface area contributed by atoms with Crippen molar-refractivity contribution in [3.63, 3.8) is 0 Å². The molecule has 0 bridgehead atoms. The van der Waals surface area contributed by atoms with Crippen molar-refractivity contribution in [3.8, 4) is 5.75 Å². The maximum absolute atomic E-state index is 6.59. The molecule has 2 rings (SSSR count). The Morgan fingerprint density at radius 3 is 2.65 bits per heavy atom. The Morgan fingerprint density at radius 1 is 1.35 bits per heavy atom. The van der Waals surface area contributed by atoms with Crippen LogP contribution in [0.15, 0.2) is 18.2 Å². The van der Waals surface area contributed by atoms with Gasteiger partial charge in [0, 0.05) is 13.2 Å². The van der Waals surface area contributed by atoms with Crippen LogP contribution in [0.25, 0.3) is 0 Å². The summed E-state index contributed by atoms with van der Waals surface area (Å²) < 4.78 is 10.6. The van der Waals surface area contributed by atoms with Gasteiger partial charge in [0.2, 0.25) is 0 Å². The third kappa shape index (κ3) is 2.93. The molecular weight excluding hydrogens is 236 g/mol. The van der Waals surface area contributed by atoms with Gasteiger partial charge in [-0.2, -0.15) is 0 Å². The summed E-state index contributed by atoms with van der Waals surface area (Å²) in [4.78, 5) is 0. The second-order valence-electron chi connectivity index (χ2n) is 4.57. The van der Waals surface area contributed by atoms with Crippen LogP contribution in [0.5, 0.6) is 5.75 Å². The quantitative estimate of drug-likeness (QED) is 0.766. The number of rotatable bonds is 3. The Kier molecular flexibility index (Phi) is 4.30. The fourth-order valence-electron chi connectivity index (χ4n) is 2.35. The number of benzene rings is 1. The number of hydrogen-bond donors (Lipinski definition) is 0. The van der Waals surface area contributed by atoms with Crippen LogP contribution in [0.1, 0.15) is 29.3 Å². The predicted octanol–water partition coefficient (Wildman–Crippen LogP) is 3.71. The highest BCUT2D eigenvalue weighted by atomic mass is 35.5. The summed E-state index contributed by atoms with van der Waals surface area (Å²) in [6.45, 7) is 3.76. The second-order valence-corrected chi connectivity index (χ2v) is 5.04. The van der Waals surface area contributed by atoms with Crippen molar-refractivity contribution >= 4 is 11.6 Å². The SMILES string of the molecule is COc1ccc(C(Cl)C2CCOCC2)c(C)c1. The summed E-state index contributed by atoms with van der Waals surface area (Å²) in [5.41, 5.74) is 2.43. The molecule has 0 N–H and O–H groups in total. The van der Waals surface area contributed by atoms with E-state index >= 15 is 0 Å². The molecule has 0 amide bonds. The van der Waals surface area contributed by atoms with E-state index in [4.69, 9.17) is 21.1 Å². The molecule has 17 heavy (non-hydrogen) atoms. The highest BCUT2D eigenvalue weighted by molar-refractivity contribution is 6.21. The van der Waals surface area contributed by atoms with Gasteiger partial charge in [0.25, 0.3) is 0 Å². The molecular formula is C14H19ClO2. The molecule has 1 aromatic carbocycles. The molecule has 94 valence electrons. The minimum absolute atomic E-state index is 0.0878. The standard InChI is InChI=1S/C14H19ClO2/c1-10-9-12(16-2)3-4-13(10)14(15)11-5-7-17-8-6-11/h3-4,9,11,14H,5-8H2,1-2H3. The normalized spacial score (nSPS) is 19.0. The first kappa shape index (κ1) is 12.7. The van der Waals surface area contributed by atoms with E-state index < -0.39 is 0 Å². The first-order valence-electron chi connectivity index (χ1n) is 6.08. The van der Waals surface area contributed by atoms with Crippen LogP contribution in [0, 0.1) is 12.8 Å². The fourth-order valence-corrected chi connectivity index (χ4v) is 2.84. The lowest BCUT2D eigenvalue weighted by Gasteiger charge is -2.27. The van der Waals surface area contributed by atoms with Crippen molar-refractivity contribution in [2.75, 3.05) is 20.3 Å². The minimum Gasteiger partial charge on any atom is -0.497 e. The molecule has 1 aliphatic heterocycles. The molecule has 0 aromatic heterocycles. The molecule has 1 saturated heterocycles. The van der Waals surface area contributed by atoms with E-state index in [-0.39, 0.29) is 5.38 Å². The molecule has 1 atom stereocenters. The third-order valence-corrected chi connectivity index (χ3v) is 4.05. The molecule has 0 saturated carbocycles. The molecule has 0 aliphatic carbocycles. The van der Waals surface area contributed by atoms with Gasteiger partial charge >= 0.3 is 0 Å². The zero-order valence-corrected chi connectivity index (χ0v) is 11.2. The van der Waals surface area contributed by atoms with Crippen LogP contribution in [-0.2, 0) is 4.74 Å². The molecule has 1 heterocycles. The van der Waals surface area contributed by atoms with Crippen LogP contribution < -0.4 is 4.74 Å². The summed E-state index contributed by atoms with van der Waals surface area (Å²) in [6.07, 6.45) is 2.11. The Morgan fingerprint density at radius 2 is 2.06 bits per heavy atom. The number of ether oxygens (including phenoxy) is 2. The summed E-state index contributed by atoms with van der Waals surface area (Å²) in [5, 5.41) is 0.0878. The van der Waals surface area contributed by atoms with Gasteiger partial charge in [-0.15, -0.1) is 11.6 Å². The first-order chi connectivity index (χ1) is 8.22. The van der Waals surface area contributed by atoms with Crippen LogP contribution >= 0.6 is 11.6 Å². The van der Waals surface area contributed by atoms with Gasteiger partial charge in [0.05, 0.1) is 12.5 Å². The van der Waals surface area contributed by atoms with E-state index in [1.54, 1.807) is 7.11 Å². The van der Waals surface area contributed by atoms with Crippen molar-refractivity contribution in [2.45, 2.75) is 25.1 Å². The Bertz CT molecular complexity index is 372. The van der Waals surface area contributed by atoms with Crippen LogP contribution in [0.2, 0.25) is 0 Å². The Labute approximate surface area is 108 Å². The highest BCUT2D eigenvalue weighted by Gasteiger charge is 2.24. The Balaban J connectivity index is 2.15. The largest absolute Gasteiger partial charge is 0.497 e. The predicted molar refractivity (Wildman–Crippen MR) is 69.9 cm³/mol.